The first-order chi connectivity index (χ1) is 11.0. The number of nitrogens with one attached hydrogen (secondary N) is 1. The van der Waals surface area contributed by atoms with Crippen LogP contribution in [0.1, 0.15) is 17.0 Å². The van der Waals surface area contributed by atoms with Crippen molar-refractivity contribution in [3.63, 3.8) is 0 Å². The summed E-state index contributed by atoms with van der Waals surface area (Å²) in [6.45, 7) is 1.57. The van der Waals surface area contributed by atoms with Crippen molar-refractivity contribution in [2.45, 2.75) is 24.9 Å². The molecule has 0 radical (unpaired) electrons. The topological polar surface area (TPSA) is 56.0 Å². The Morgan fingerprint density at radius 3 is 2.30 bits per heavy atom. The molecule has 0 spiro atoms. The second kappa shape index (κ2) is 6.07. The van der Waals surface area contributed by atoms with Crippen molar-refractivity contribution < 1.29 is 13.9 Å². The van der Waals surface area contributed by atoms with Crippen LogP contribution in [0.5, 0.6) is 0 Å². The largest absolute Gasteiger partial charge is 0.395 e. The SMILES string of the molecule is Cc1cc(F)c(-c2ccc([C@H]3[C@H](C#N)N[C@H]3CO)cc2)c(F)c1. The lowest BCUT2D eigenvalue weighted by Gasteiger charge is -2.41. The number of benzene rings is 2. The molecule has 3 rings (SSSR count). The molecular weight excluding hydrogens is 298 g/mol. The first-order valence-electron chi connectivity index (χ1n) is 7.37. The minimum Gasteiger partial charge on any atom is -0.395 e. The van der Waals surface area contributed by atoms with Crippen molar-refractivity contribution in [3.8, 4) is 17.2 Å². The van der Waals surface area contributed by atoms with Gasteiger partial charge in [0, 0.05) is 12.0 Å². The van der Waals surface area contributed by atoms with Crippen LogP contribution in [0.25, 0.3) is 11.1 Å². The van der Waals surface area contributed by atoms with E-state index in [9.17, 15) is 13.9 Å². The number of hydrogen-bond acceptors (Lipinski definition) is 3. The Labute approximate surface area is 133 Å². The van der Waals surface area contributed by atoms with Crippen LogP contribution in [0.15, 0.2) is 36.4 Å². The van der Waals surface area contributed by atoms with E-state index in [2.05, 4.69) is 11.4 Å². The Balaban J connectivity index is 1.93. The molecule has 0 bridgehead atoms. The van der Waals surface area contributed by atoms with Crippen LogP contribution < -0.4 is 5.32 Å². The molecule has 0 aliphatic carbocycles. The predicted octanol–water partition coefficient (Wildman–Crippen LogP) is 2.88. The monoisotopic (exact) mass is 314 g/mol. The maximum absolute atomic E-state index is 14.0. The zero-order valence-electron chi connectivity index (χ0n) is 12.6. The van der Waals surface area contributed by atoms with Crippen molar-refractivity contribution >= 4 is 0 Å². The lowest BCUT2D eigenvalue weighted by molar-refractivity contribution is 0.151. The molecule has 2 aromatic carbocycles. The van der Waals surface area contributed by atoms with Crippen LogP contribution in [0.2, 0.25) is 0 Å². The predicted molar refractivity (Wildman–Crippen MR) is 82.7 cm³/mol. The van der Waals surface area contributed by atoms with E-state index >= 15 is 0 Å². The van der Waals surface area contributed by atoms with Gasteiger partial charge in [0.05, 0.1) is 18.2 Å². The van der Waals surface area contributed by atoms with Crippen molar-refractivity contribution in [1.82, 2.24) is 5.32 Å². The summed E-state index contributed by atoms with van der Waals surface area (Å²) in [6.07, 6.45) is 0. The highest BCUT2D eigenvalue weighted by Crippen LogP contribution is 2.34. The zero-order valence-corrected chi connectivity index (χ0v) is 12.6. The summed E-state index contributed by atoms with van der Waals surface area (Å²) in [7, 11) is 0. The summed E-state index contributed by atoms with van der Waals surface area (Å²) in [4.78, 5) is 0. The molecule has 1 aliphatic rings. The van der Waals surface area contributed by atoms with Crippen LogP contribution in [0, 0.1) is 29.9 Å². The number of hydrogen-bond donors (Lipinski definition) is 2. The number of aryl methyl sites for hydroxylation is 1. The third-order valence-electron chi connectivity index (χ3n) is 4.29. The fraction of sp³-hybridized carbons (Fsp3) is 0.278. The highest BCUT2D eigenvalue weighted by molar-refractivity contribution is 5.65. The Kier molecular flexibility index (Phi) is 4.12. The lowest BCUT2D eigenvalue weighted by Crippen LogP contribution is -2.60. The molecule has 1 heterocycles. The van der Waals surface area contributed by atoms with Crippen molar-refractivity contribution in [2.24, 2.45) is 0 Å². The number of rotatable bonds is 3. The Morgan fingerprint density at radius 2 is 1.78 bits per heavy atom. The molecule has 3 atom stereocenters. The Morgan fingerprint density at radius 1 is 1.17 bits per heavy atom. The summed E-state index contributed by atoms with van der Waals surface area (Å²) in [5.41, 5.74) is 1.80. The normalized spacial score (nSPS) is 23.2. The smallest absolute Gasteiger partial charge is 0.134 e. The first kappa shape index (κ1) is 15.6. The van der Waals surface area contributed by atoms with Crippen LogP contribution >= 0.6 is 0 Å². The fourth-order valence-corrected chi connectivity index (χ4v) is 3.11. The molecule has 1 fully saturated rings. The molecule has 5 heteroatoms. The molecule has 0 amide bonds. The number of nitriles is 1. The van der Waals surface area contributed by atoms with Gasteiger partial charge in [-0.2, -0.15) is 5.26 Å². The van der Waals surface area contributed by atoms with Crippen LogP contribution in [0.4, 0.5) is 8.78 Å². The molecule has 1 aliphatic heterocycles. The molecule has 2 aromatic rings. The maximum atomic E-state index is 14.0. The molecule has 118 valence electrons. The molecule has 0 saturated carbocycles. The van der Waals surface area contributed by atoms with E-state index in [0.717, 1.165) is 5.56 Å². The number of halogens is 2. The number of aliphatic hydroxyl groups is 1. The van der Waals surface area contributed by atoms with E-state index in [1.54, 1.807) is 31.2 Å². The second-order valence-corrected chi connectivity index (χ2v) is 5.81. The van der Waals surface area contributed by atoms with Gasteiger partial charge in [-0.25, -0.2) is 8.78 Å². The minimum absolute atomic E-state index is 0.0515. The Bertz CT molecular complexity index is 745. The highest BCUT2D eigenvalue weighted by atomic mass is 19.1. The lowest BCUT2D eigenvalue weighted by atomic mass is 9.78. The van der Waals surface area contributed by atoms with E-state index in [4.69, 9.17) is 5.26 Å². The summed E-state index contributed by atoms with van der Waals surface area (Å²) in [5, 5.41) is 21.3. The van der Waals surface area contributed by atoms with Crippen molar-refractivity contribution in [2.75, 3.05) is 6.61 Å². The quantitative estimate of drug-likeness (QED) is 0.916. The average molecular weight is 314 g/mol. The molecule has 2 N–H and O–H groups in total. The van der Waals surface area contributed by atoms with Gasteiger partial charge < -0.3 is 5.11 Å². The third kappa shape index (κ3) is 2.72. The molecule has 3 nitrogen and oxygen atoms in total. The van der Waals surface area contributed by atoms with E-state index in [1.807, 2.05) is 0 Å². The molecule has 1 saturated heterocycles. The number of nitrogens with zero attached hydrogens (tertiary/aromatic N) is 1. The fourth-order valence-electron chi connectivity index (χ4n) is 3.11. The van der Waals surface area contributed by atoms with Gasteiger partial charge in [-0.3, -0.25) is 5.32 Å². The van der Waals surface area contributed by atoms with Crippen molar-refractivity contribution in [1.29, 1.82) is 5.26 Å². The second-order valence-electron chi connectivity index (χ2n) is 5.81. The van der Waals surface area contributed by atoms with Gasteiger partial charge in [0.1, 0.15) is 17.7 Å². The first-order valence-corrected chi connectivity index (χ1v) is 7.37. The van der Waals surface area contributed by atoms with Gasteiger partial charge >= 0.3 is 0 Å². The van der Waals surface area contributed by atoms with Gasteiger partial charge in [0.2, 0.25) is 0 Å². The minimum atomic E-state index is -0.594. The molecule has 23 heavy (non-hydrogen) atoms. The standard InChI is InChI=1S/C18H16F2N2O/c1-10-6-13(19)17(14(20)7-10)11-2-4-12(5-3-11)18-15(8-21)22-16(18)9-23/h2-7,15-16,18,22-23H,9H2,1H3/t15-,16-,18-/m0/s1. The summed E-state index contributed by atoms with van der Waals surface area (Å²) < 4.78 is 28.1. The number of aliphatic hydroxyl groups excluding tert-OH is 1. The average Bonchev–Trinajstić information content (AvgIpc) is 2.48. The van der Waals surface area contributed by atoms with E-state index in [1.165, 1.54) is 12.1 Å². The zero-order chi connectivity index (χ0) is 16.6. The molecular formula is C18H16F2N2O. The maximum Gasteiger partial charge on any atom is 0.134 e. The molecule has 0 unspecified atom stereocenters. The van der Waals surface area contributed by atoms with E-state index in [-0.39, 0.29) is 30.2 Å². The van der Waals surface area contributed by atoms with Crippen LogP contribution in [-0.4, -0.2) is 23.8 Å². The van der Waals surface area contributed by atoms with Gasteiger partial charge in [0.15, 0.2) is 0 Å². The highest BCUT2D eigenvalue weighted by Gasteiger charge is 2.41. The van der Waals surface area contributed by atoms with Crippen molar-refractivity contribution in [3.05, 3.63) is 59.2 Å². The summed E-state index contributed by atoms with van der Waals surface area (Å²) in [5.74, 6) is -1.31. The van der Waals surface area contributed by atoms with Gasteiger partial charge in [-0.05, 0) is 35.7 Å². The van der Waals surface area contributed by atoms with Gasteiger partial charge in [0.25, 0.3) is 0 Å². The summed E-state index contributed by atoms with van der Waals surface area (Å²) >= 11 is 0. The van der Waals surface area contributed by atoms with Crippen LogP contribution in [0.3, 0.4) is 0 Å². The van der Waals surface area contributed by atoms with E-state index in [0.29, 0.717) is 11.1 Å². The van der Waals surface area contributed by atoms with Gasteiger partial charge in [-0.15, -0.1) is 0 Å². The summed E-state index contributed by atoms with van der Waals surface area (Å²) in [6, 6.07) is 11.0. The third-order valence-corrected chi connectivity index (χ3v) is 4.29. The van der Waals surface area contributed by atoms with Gasteiger partial charge in [-0.1, -0.05) is 24.3 Å². The Hall–Kier alpha value is -2.29. The van der Waals surface area contributed by atoms with Crippen LogP contribution in [-0.2, 0) is 0 Å². The van der Waals surface area contributed by atoms with E-state index < -0.39 is 11.6 Å². The molecule has 0 aromatic heterocycles.